The maximum atomic E-state index is 13.4. The minimum absolute atomic E-state index is 0.0217. The first-order chi connectivity index (χ1) is 12.2. The maximum Gasteiger partial charge on any atom is 0.338 e. The molecule has 8 heteroatoms. The van der Waals surface area contributed by atoms with Gasteiger partial charge in [-0.2, -0.15) is 0 Å². The van der Waals surface area contributed by atoms with Crippen LogP contribution in [-0.4, -0.2) is 46.0 Å². The highest BCUT2D eigenvalue weighted by Gasteiger charge is 2.16. The summed E-state index contributed by atoms with van der Waals surface area (Å²) >= 11 is 0. The molecule has 0 heterocycles. The van der Waals surface area contributed by atoms with Gasteiger partial charge < -0.3 is 9.47 Å². The van der Waals surface area contributed by atoms with E-state index in [1.807, 2.05) is 0 Å². The zero-order valence-corrected chi connectivity index (χ0v) is 15.5. The maximum absolute atomic E-state index is 13.4. The van der Waals surface area contributed by atoms with Gasteiger partial charge in [0.15, 0.2) is 0 Å². The molecule has 0 fully saturated rings. The van der Waals surface area contributed by atoms with Crippen molar-refractivity contribution in [3.63, 3.8) is 0 Å². The topological polar surface area (TPSA) is 72.9 Å². The highest BCUT2D eigenvalue weighted by molar-refractivity contribution is 7.89. The molecule has 2 aromatic carbocycles. The van der Waals surface area contributed by atoms with Gasteiger partial charge >= 0.3 is 5.97 Å². The summed E-state index contributed by atoms with van der Waals surface area (Å²) in [6.45, 7) is 1.67. The highest BCUT2D eigenvalue weighted by atomic mass is 32.2. The fraction of sp³-hybridized carbons (Fsp3) is 0.278. The fourth-order valence-corrected chi connectivity index (χ4v) is 2.92. The van der Waals surface area contributed by atoms with Crippen molar-refractivity contribution in [2.45, 2.75) is 11.8 Å². The lowest BCUT2D eigenvalue weighted by molar-refractivity contribution is 0.0450. The summed E-state index contributed by atoms with van der Waals surface area (Å²) in [4.78, 5) is 12.0. The third-order valence-corrected chi connectivity index (χ3v) is 5.42. The number of ether oxygens (including phenoxy) is 2. The molecule has 0 atom stereocenters. The molecule has 6 nitrogen and oxygen atoms in total. The van der Waals surface area contributed by atoms with Gasteiger partial charge in [0.1, 0.15) is 24.8 Å². The lowest BCUT2D eigenvalue weighted by Gasteiger charge is -2.12. The number of benzene rings is 2. The zero-order chi connectivity index (χ0) is 19.3. The monoisotopic (exact) mass is 381 g/mol. The van der Waals surface area contributed by atoms with E-state index >= 15 is 0 Å². The Labute approximate surface area is 152 Å². The molecule has 0 aliphatic rings. The minimum Gasteiger partial charge on any atom is -0.490 e. The number of hydrogen-bond donors (Lipinski definition) is 0. The van der Waals surface area contributed by atoms with Crippen LogP contribution in [0.3, 0.4) is 0 Å². The van der Waals surface area contributed by atoms with E-state index in [-0.39, 0.29) is 23.7 Å². The molecule has 0 aromatic heterocycles. The molecule has 2 aromatic rings. The van der Waals surface area contributed by atoms with E-state index in [4.69, 9.17) is 9.47 Å². The quantitative estimate of drug-likeness (QED) is 0.545. The number of carbonyl (C=O) groups excluding carboxylic acids is 1. The van der Waals surface area contributed by atoms with Crippen molar-refractivity contribution in [2.75, 3.05) is 27.3 Å². The van der Waals surface area contributed by atoms with Gasteiger partial charge in [0.2, 0.25) is 10.0 Å². The number of nitrogens with zero attached hydrogens (tertiary/aromatic N) is 1. The van der Waals surface area contributed by atoms with Gasteiger partial charge in [-0.05, 0) is 48.9 Å². The lowest BCUT2D eigenvalue weighted by atomic mass is 10.1. The molecule has 0 spiro atoms. The van der Waals surface area contributed by atoms with Gasteiger partial charge in [-0.25, -0.2) is 21.9 Å². The van der Waals surface area contributed by atoms with Crippen LogP contribution in [0.2, 0.25) is 0 Å². The van der Waals surface area contributed by atoms with Crippen LogP contribution in [0, 0.1) is 12.7 Å². The van der Waals surface area contributed by atoms with E-state index in [1.165, 1.54) is 50.5 Å². The van der Waals surface area contributed by atoms with Gasteiger partial charge in [0.05, 0.1) is 10.5 Å². The first kappa shape index (κ1) is 19.9. The summed E-state index contributed by atoms with van der Waals surface area (Å²) in [6, 6.07) is 10.0. The lowest BCUT2D eigenvalue weighted by Crippen LogP contribution is -2.22. The van der Waals surface area contributed by atoms with Crippen LogP contribution < -0.4 is 4.74 Å². The molecule has 0 amide bonds. The molecular formula is C18H20FNO5S. The zero-order valence-electron chi connectivity index (χ0n) is 14.7. The third-order valence-electron chi connectivity index (χ3n) is 3.60. The number of aryl methyl sites for hydroxylation is 1. The molecule has 0 unspecified atom stereocenters. The fourth-order valence-electron chi connectivity index (χ4n) is 2.02. The number of sulfonamides is 1. The SMILES string of the molecule is Cc1ccc(C(=O)OCCOc2ccc(S(=O)(=O)N(C)C)cc2)cc1F. The predicted octanol–water partition coefficient (Wildman–Crippen LogP) is 2.62. The first-order valence-electron chi connectivity index (χ1n) is 7.80. The van der Waals surface area contributed by atoms with Crippen molar-refractivity contribution in [3.05, 3.63) is 59.4 Å². The number of rotatable bonds is 7. The second-order valence-electron chi connectivity index (χ2n) is 5.71. The average molecular weight is 381 g/mol. The second-order valence-corrected chi connectivity index (χ2v) is 7.86. The Balaban J connectivity index is 1.84. The summed E-state index contributed by atoms with van der Waals surface area (Å²) < 4.78 is 48.9. The largest absolute Gasteiger partial charge is 0.490 e. The van der Waals surface area contributed by atoms with Crippen LogP contribution in [0.5, 0.6) is 5.75 Å². The van der Waals surface area contributed by atoms with Crippen LogP contribution in [0.15, 0.2) is 47.4 Å². The van der Waals surface area contributed by atoms with E-state index in [0.717, 1.165) is 10.4 Å². The molecular weight excluding hydrogens is 361 g/mol. The standard InChI is InChI=1S/C18H20FNO5S/c1-13-4-5-14(12-17(13)19)18(21)25-11-10-24-15-6-8-16(9-7-15)26(22,23)20(2)3/h4-9,12H,10-11H2,1-3H3. The molecule has 0 saturated heterocycles. The first-order valence-corrected chi connectivity index (χ1v) is 9.24. The molecule has 0 bridgehead atoms. The van der Waals surface area contributed by atoms with Gasteiger partial charge in [-0.3, -0.25) is 0 Å². The van der Waals surface area contributed by atoms with Crippen molar-refractivity contribution in [2.24, 2.45) is 0 Å². The Morgan fingerprint density at radius 3 is 2.31 bits per heavy atom. The highest BCUT2D eigenvalue weighted by Crippen LogP contribution is 2.18. The third kappa shape index (κ3) is 4.80. The summed E-state index contributed by atoms with van der Waals surface area (Å²) in [5, 5.41) is 0. The van der Waals surface area contributed by atoms with Gasteiger partial charge in [0, 0.05) is 14.1 Å². The van der Waals surface area contributed by atoms with Crippen LogP contribution >= 0.6 is 0 Å². The Bertz CT molecular complexity index is 879. The van der Waals surface area contributed by atoms with Crippen molar-refractivity contribution in [1.29, 1.82) is 0 Å². The summed E-state index contributed by atoms with van der Waals surface area (Å²) in [5.74, 6) is -0.663. The van der Waals surface area contributed by atoms with Gasteiger partial charge in [0.25, 0.3) is 0 Å². The van der Waals surface area contributed by atoms with E-state index in [1.54, 1.807) is 6.92 Å². The van der Waals surface area contributed by atoms with Crippen molar-refractivity contribution < 1.29 is 27.1 Å². The Kier molecular flexibility index (Phi) is 6.33. The molecule has 26 heavy (non-hydrogen) atoms. The Hall–Kier alpha value is -2.45. The normalized spacial score (nSPS) is 11.4. The molecule has 0 N–H and O–H groups in total. The molecule has 0 aliphatic carbocycles. The van der Waals surface area contributed by atoms with Crippen LogP contribution in [-0.2, 0) is 14.8 Å². The van der Waals surface area contributed by atoms with E-state index in [2.05, 4.69) is 0 Å². The van der Waals surface area contributed by atoms with Crippen LogP contribution in [0.4, 0.5) is 4.39 Å². The van der Waals surface area contributed by atoms with E-state index < -0.39 is 21.8 Å². The van der Waals surface area contributed by atoms with E-state index in [9.17, 15) is 17.6 Å². The average Bonchev–Trinajstić information content (AvgIpc) is 2.61. The molecule has 2 rings (SSSR count). The summed E-state index contributed by atoms with van der Waals surface area (Å²) in [5.41, 5.74) is 0.580. The number of hydrogen-bond acceptors (Lipinski definition) is 5. The molecule has 0 radical (unpaired) electrons. The van der Waals surface area contributed by atoms with Crippen molar-refractivity contribution in [3.8, 4) is 5.75 Å². The summed E-state index contributed by atoms with van der Waals surface area (Å²) in [7, 11) is -0.585. The predicted molar refractivity (Wildman–Crippen MR) is 94.2 cm³/mol. The molecule has 0 aliphatic heterocycles. The number of halogens is 1. The smallest absolute Gasteiger partial charge is 0.338 e. The minimum atomic E-state index is -3.49. The van der Waals surface area contributed by atoms with Crippen LogP contribution in [0.25, 0.3) is 0 Å². The molecule has 140 valence electrons. The van der Waals surface area contributed by atoms with Crippen molar-refractivity contribution >= 4 is 16.0 Å². The van der Waals surface area contributed by atoms with Crippen LogP contribution in [0.1, 0.15) is 15.9 Å². The number of esters is 1. The molecule has 0 saturated carbocycles. The summed E-state index contributed by atoms with van der Waals surface area (Å²) in [6.07, 6.45) is 0. The van der Waals surface area contributed by atoms with Gasteiger partial charge in [-0.15, -0.1) is 0 Å². The van der Waals surface area contributed by atoms with E-state index in [0.29, 0.717) is 11.3 Å². The van der Waals surface area contributed by atoms with Gasteiger partial charge in [-0.1, -0.05) is 6.07 Å². The Morgan fingerprint density at radius 1 is 1.08 bits per heavy atom. The Morgan fingerprint density at radius 2 is 1.73 bits per heavy atom. The second kappa shape index (κ2) is 8.29. The number of carbonyl (C=O) groups is 1. The van der Waals surface area contributed by atoms with Crippen molar-refractivity contribution in [1.82, 2.24) is 4.31 Å².